The molecule has 2 N–H and O–H groups in total. The normalized spacial score (nSPS) is 14.6. The van der Waals surface area contributed by atoms with Crippen LogP contribution in [0.15, 0.2) is 59.7 Å². The number of hydrogen-bond donors (Lipinski definition) is 2. The van der Waals surface area contributed by atoms with Crippen molar-refractivity contribution >= 4 is 28.6 Å². The van der Waals surface area contributed by atoms with Crippen molar-refractivity contribution < 1.29 is 9.90 Å². The van der Waals surface area contributed by atoms with Gasteiger partial charge in [0.2, 0.25) is 11.4 Å². The molecule has 2 aromatic heterocycles. The van der Waals surface area contributed by atoms with Crippen LogP contribution in [0.3, 0.4) is 0 Å². The Kier molecular flexibility index (Phi) is 7.22. The Morgan fingerprint density at radius 1 is 1.03 bits per heavy atom. The second-order valence-corrected chi connectivity index (χ2v) is 9.96. The van der Waals surface area contributed by atoms with E-state index in [9.17, 15) is 14.7 Å². The van der Waals surface area contributed by atoms with Gasteiger partial charge in [-0.15, -0.1) is 0 Å². The van der Waals surface area contributed by atoms with Crippen molar-refractivity contribution in [2.45, 2.75) is 20.3 Å². The number of rotatable bonds is 7. The van der Waals surface area contributed by atoms with Gasteiger partial charge in [0, 0.05) is 56.5 Å². The van der Waals surface area contributed by atoms with E-state index in [0.29, 0.717) is 11.6 Å². The molecule has 0 spiro atoms. The van der Waals surface area contributed by atoms with Crippen LogP contribution in [0.4, 0.5) is 11.6 Å². The molecule has 0 radical (unpaired) electrons. The van der Waals surface area contributed by atoms with Crippen LogP contribution in [0.1, 0.15) is 27.0 Å². The van der Waals surface area contributed by atoms with Crippen LogP contribution in [0.5, 0.6) is 0 Å². The molecule has 0 amide bonds. The first-order chi connectivity index (χ1) is 18.3. The number of benzene rings is 2. The van der Waals surface area contributed by atoms with Crippen molar-refractivity contribution in [3.05, 3.63) is 87.3 Å². The lowest BCUT2D eigenvalue weighted by molar-refractivity contribution is 0.0695. The fourth-order valence-corrected chi connectivity index (χ4v) is 4.64. The summed E-state index contributed by atoms with van der Waals surface area (Å²) in [7, 11) is 2.16. The highest BCUT2D eigenvalue weighted by atomic mass is 16.4. The molecule has 196 valence electrons. The number of carboxylic acids is 1. The average molecular weight is 513 g/mol. The monoisotopic (exact) mass is 512 g/mol. The standard InChI is InChI=1S/C29H32N6O3/c1-19-4-9-23(16-20(19)2)35-18-25(28(37)38)26(36)24-17-30-29(32-27(24)35)31-22-7-5-21(6-8-22)10-11-34-14-12-33(3)13-15-34/h4-9,16-18H,10-15H2,1-3H3,(H,37,38)(H,30,31,32). The molecule has 1 saturated heterocycles. The van der Waals surface area contributed by atoms with Gasteiger partial charge in [-0.1, -0.05) is 18.2 Å². The summed E-state index contributed by atoms with van der Waals surface area (Å²) in [5.41, 5.74) is 4.37. The number of hydrogen-bond acceptors (Lipinski definition) is 7. The molecule has 1 aliphatic heterocycles. The predicted octanol–water partition coefficient (Wildman–Crippen LogP) is 3.63. The zero-order chi connectivity index (χ0) is 26.8. The molecular weight excluding hydrogens is 480 g/mol. The highest BCUT2D eigenvalue weighted by molar-refractivity contribution is 5.92. The molecule has 1 fully saturated rings. The third kappa shape index (κ3) is 5.44. The second kappa shape index (κ2) is 10.7. The first-order valence-electron chi connectivity index (χ1n) is 12.8. The Hall–Kier alpha value is -4.08. The summed E-state index contributed by atoms with van der Waals surface area (Å²) >= 11 is 0. The highest BCUT2D eigenvalue weighted by Gasteiger charge is 2.18. The molecule has 2 aromatic carbocycles. The number of anilines is 2. The number of aryl methyl sites for hydroxylation is 2. The van der Waals surface area contributed by atoms with Crippen LogP contribution in [0.25, 0.3) is 16.7 Å². The Bertz CT molecular complexity index is 1540. The fourth-order valence-electron chi connectivity index (χ4n) is 4.64. The van der Waals surface area contributed by atoms with Crippen LogP contribution in [-0.4, -0.2) is 75.2 Å². The molecule has 0 atom stereocenters. The number of pyridine rings is 1. The number of piperazine rings is 1. The molecule has 0 unspecified atom stereocenters. The molecule has 4 aromatic rings. The molecular formula is C29H32N6O3. The highest BCUT2D eigenvalue weighted by Crippen LogP contribution is 2.21. The van der Waals surface area contributed by atoms with Crippen molar-refractivity contribution in [1.29, 1.82) is 0 Å². The SMILES string of the molecule is Cc1ccc(-n2cc(C(=O)O)c(=O)c3cnc(Nc4ccc(CCN5CCN(C)CC5)cc4)nc32)cc1C. The molecule has 0 saturated carbocycles. The summed E-state index contributed by atoms with van der Waals surface area (Å²) in [6.45, 7) is 9.48. The van der Waals surface area contributed by atoms with Crippen LogP contribution in [-0.2, 0) is 6.42 Å². The zero-order valence-electron chi connectivity index (χ0n) is 21.9. The molecule has 9 heteroatoms. The topological polar surface area (TPSA) is 104 Å². The molecule has 38 heavy (non-hydrogen) atoms. The Morgan fingerprint density at radius 3 is 2.45 bits per heavy atom. The molecule has 9 nitrogen and oxygen atoms in total. The molecule has 3 heterocycles. The van der Waals surface area contributed by atoms with E-state index in [2.05, 4.69) is 44.3 Å². The van der Waals surface area contributed by atoms with Gasteiger partial charge in [-0.2, -0.15) is 4.98 Å². The predicted molar refractivity (Wildman–Crippen MR) is 149 cm³/mol. The lowest BCUT2D eigenvalue weighted by Gasteiger charge is -2.32. The van der Waals surface area contributed by atoms with E-state index in [4.69, 9.17) is 0 Å². The maximum Gasteiger partial charge on any atom is 0.341 e. The van der Waals surface area contributed by atoms with E-state index < -0.39 is 11.4 Å². The third-order valence-electron chi connectivity index (χ3n) is 7.27. The first-order valence-corrected chi connectivity index (χ1v) is 12.8. The largest absolute Gasteiger partial charge is 0.477 e. The zero-order valence-corrected chi connectivity index (χ0v) is 21.9. The lowest BCUT2D eigenvalue weighted by atomic mass is 10.1. The van der Waals surface area contributed by atoms with E-state index in [1.807, 2.05) is 44.2 Å². The average Bonchev–Trinajstić information content (AvgIpc) is 2.91. The van der Waals surface area contributed by atoms with Crippen molar-refractivity contribution in [3.8, 4) is 5.69 Å². The summed E-state index contributed by atoms with van der Waals surface area (Å²) in [4.78, 5) is 38.5. The smallest absolute Gasteiger partial charge is 0.341 e. The number of carbonyl (C=O) groups is 1. The minimum atomic E-state index is -1.29. The van der Waals surface area contributed by atoms with Crippen molar-refractivity contribution in [1.82, 2.24) is 24.3 Å². The number of aromatic nitrogens is 3. The van der Waals surface area contributed by atoms with Gasteiger partial charge in [0.25, 0.3) is 0 Å². The number of nitrogens with zero attached hydrogens (tertiary/aromatic N) is 5. The molecule has 0 bridgehead atoms. The van der Waals surface area contributed by atoms with Crippen LogP contribution >= 0.6 is 0 Å². The molecule has 5 rings (SSSR count). The van der Waals surface area contributed by atoms with Crippen molar-refractivity contribution in [2.24, 2.45) is 0 Å². The summed E-state index contributed by atoms with van der Waals surface area (Å²) in [5, 5.41) is 13.0. The number of fused-ring (bicyclic) bond motifs is 1. The first kappa shape index (κ1) is 25.6. The number of carboxylic acid groups (broad SMARTS) is 1. The van der Waals surface area contributed by atoms with Gasteiger partial charge in [0.1, 0.15) is 5.56 Å². The van der Waals surface area contributed by atoms with Gasteiger partial charge in [-0.25, -0.2) is 9.78 Å². The van der Waals surface area contributed by atoms with Gasteiger partial charge in [-0.05, 0) is 68.3 Å². The van der Waals surface area contributed by atoms with E-state index in [-0.39, 0.29) is 10.9 Å². The Labute approximate surface area is 221 Å². The van der Waals surface area contributed by atoms with E-state index in [1.165, 1.54) is 18.0 Å². The third-order valence-corrected chi connectivity index (χ3v) is 7.27. The number of nitrogens with one attached hydrogen (secondary N) is 1. The quantitative estimate of drug-likeness (QED) is 0.387. The lowest BCUT2D eigenvalue weighted by Crippen LogP contribution is -2.45. The van der Waals surface area contributed by atoms with Crippen LogP contribution in [0.2, 0.25) is 0 Å². The van der Waals surface area contributed by atoms with Crippen molar-refractivity contribution in [2.75, 3.05) is 45.1 Å². The fraction of sp³-hybridized carbons (Fsp3) is 0.310. The van der Waals surface area contributed by atoms with E-state index in [1.54, 1.807) is 4.57 Å². The maximum absolute atomic E-state index is 12.9. The minimum Gasteiger partial charge on any atom is -0.477 e. The number of likely N-dealkylation sites (N-methyl/N-ethyl adjacent to an activating group) is 1. The van der Waals surface area contributed by atoms with Gasteiger partial charge in [-0.3, -0.25) is 4.79 Å². The summed E-state index contributed by atoms with van der Waals surface area (Å²) in [6, 6.07) is 14.0. The summed E-state index contributed by atoms with van der Waals surface area (Å²) < 4.78 is 1.64. The van der Waals surface area contributed by atoms with E-state index in [0.717, 1.165) is 61.6 Å². The van der Waals surface area contributed by atoms with Gasteiger partial charge in [0.15, 0.2) is 5.65 Å². The van der Waals surface area contributed by atoms with E-state index >= 15 is 0 Å². The van der Waals surface area contributed by atoms with Gasteiger partial charge < -0.3 is 24.8 Å². The molecule has 0 aliphatic carbocycles. The van der Waals surface area contributed by atoms with Crippen LogP contribution in [0, 0.1) is 13.8 Å². The summed E-state index contributed by atoms with van der Waals surface area (Å²) in [6.07, 6.45) is 3.72. The summed E-state index contributed by atoms with van der Waals surface area (Å²) in [5.74, 6) is -0.966. The number of aromatic carboxylic acids is 1. The van der Waals surface area contributed by atoms with Gasteiger partial charge in [0.05, 0.1) is 5.39 Å². The van der Waals surface area contributed by atoms with Crippen LogP contribution < -0.4 is 10.7 Å². The maximum atomic E-state index is 12.9. The Balaban J connectivity index is 1.40. The second-order valence-electron chi connectivity index (χ2n) is 9.96. The minimum absolute atomic E-state index is 0.146. The Morgan fingerprint density at radius 2 is 1.76 bits per heavy atom. The van der Waals surface area contributed by atoms with Gasteiger partial charge >= 0.3 is 5.97 Å². The molecule has 1 aliphatic rings. The van der Waals surface area contributed by atoms with Crippen molar-refractivity contribution in [3.63, 3.8) is 0 Å².